The van der Waals surface area contributed by atoms with Crippen molar-refractivity contribution in [3.05, 3.63) is 65.7 Å². The molecule has 0 radical (unpaired) electrons. The third kappa shape index (κ3) is 8.31. The van der Waals surface area contributed by atoms with Crippen molar-refractivity contribution in [1.29, 1.82) is 0 Å². The van der Waals surface area contributed by atoms with Crippen LogP contribution in [-0.4, -0.2) is 25.4 Å². The molecule has 0 saturated heterocycles. The number of nitrogens with one attached hydrogen (secondary N) is 1. The minimum atomic E-state index is -0.316. The first-order chi connectivity index (χ1) is 14.6. The van der Waals surface area contributed by atoms with E-state index in [1.54, 1.807) is 0 Å². The van der Waals surface area contributed by atoms with Crippen LogP contribution in [0.5, 0.6) is 5.75 Å². The molecule has 3 nitrogen and oxygen atoms in total. The Morgan fingerprint density at radius 2 is 1.42 bits per heavy atom. The molecule has 0 fully saturated rings. The maximum absolute atomic E-state index is 6.73. The van der Waals surface area contributed by atoms with Gasteiger partial charge in [0.05, 0.1) is 13.2 Å². The fraction of sp³-hybridized carbons (Fsp3) is 0.571. The molecule has 0 unspecified atom stereocenters. The Kier molecular flexibility index (Phi) is 9.58. The van der Waals surface area contributed by atoms with Gasteiger partial charge < -0.3 is 14.8 Å². The lowest BCUT2D eigenvalue weighted by Gasteiger charge is -2.38. The molecule has 2 aromatic carbocycles. The van der Waals surface area contributed by atoms with Gasteiger partial charge in [0.25, 0.3) is 0 Å². The fourth-order valence-electron chi connectivity index (χ4n) is 4.36. The summed E-state index contributed by atoms with van der Waals surface area (Å²) in [6.07, 6.45) is 1.95. The average Bonchev–Trinajstić information content (AvgIpc) is 2.69. The van der Waals surface area contributed by atoms with Crippen LogP contribution in [0.4, 0.5) is 0 Å². The minimum Gasteiger partial charge on any atom is -0.485 e. The molecular weight excluding hydrogens is 382 g/mol. The minimum absolute atomic E-state index is 0.0881. The normalized spacial score (nSPS) is 12.5. The summed E-state index contributed by atoms with van der Waals surface area (Å²) in [6.45, 7) is 17.7. The summed E-state index contributed by atoms with van der Waals surface area (Å²) in [7, 11) is 0. The highest BCUT2D eigenvalue weighted by Crippen LogP contribution is 2.33. The lowest BCUT2D eigenvalue weighted by atomic mass is 9.85. The SMILES string of the molecule is Cc1ccccc1OC(COCCNC(C)(C)c1ccccc1)(CC(C)C)CC(C)C. The molecule has 0 aliphatic heterocycles. The van der Waals surface area contributed by atoms with E-state index in [0.29, 0.717) is 25.0 Å². The van der Waals surface area contributed by atoms with Crippen molar-refractivity contribution in [1.82, 2.24) is 5.32 Å². The summed E-state index contributed by atoms with van der Waals surface area (Å²) in [5, 5.41) is 3.64. The van der Waals surface area contributed by atoms with E-state index in [1.165, 1.54) is 11.1 Å². The molecule has 1 N–H and O–H groups in total. The van der Waals surface area contributed by atoms with Crippen LogP contribution in [0.15, 0.2) is 54.6 Å². The molecular formula is C28H43NO2. The van der Waals surface area contributed by atoms with E-state index in [0.717, 1.165) is 25.1 Å². The van der Waals surface area contributed by atoms with Crippen LogP contribution in [0, 0.1) is 18.8 Å². The Balaban J connectivity index is 2.02. The topological polar surface area (TPSA) is 30.5 Å². The van der Waals surface area contributed by atoms with Crippen LogP contribution < -0.4 is 10.1 Å². The zero-order valence-corrected chi connectivity index (χ0v) is 20.7. The number of ether oxygens (including phenoxy) is 2. The molecule has 31 heavy (non-hydrogen) atoms. The van der Waals surface area contributed by atoms with Crippen molar-refractivity contribution < 1.29 is 9.47 Å². The number of para-hydroxylation sites is 1. The van der Waals surface area contributed by atoms with Crippen LogP contribution in [0.2, 0.25) is 0 Å². The second kappa shape index (κ2) is 11.7. The molecule has 0 bridgehead atoms. The summed E-state index contributed by atoms with van der Waals surface area (Å²) < 4.78 is 13.0. The molecule has 0 heterocycles. The van der Waals surface area contributed by atoms with Gasteiger partial charge in [-0.05, 0) is 62.6 Å². The average molecular weight is 426 g/mol. The van der Waals surface area contributed by atoms with E-state index in [9.17, 15) is 0 Å². The summed E-state index contributed by atoms with van der Waals surface area (Å²) >= 11 is 0. The summed E-state index contributed by atoms with van der Waals surface area (Å²) in [6, 6.07) is 18.9. The van der Waals surface area contributed by atoms with Gasteiger partial charge in [-0.3, -0.25) is 0 Å². The lowest BCUT2D eigenvalue weighted by Crippen LogP contribution is -2.45. The molecule has 0 aliphatic rings. The number of rotatable bonds is 13. The number of hydrogen-bond donors (Lipinski definition) is 1. The van der Waals surface area contributed by atoms with E-state index in [2.05, 4.69) is 102 Å². The Hall–Kier alpha value is -1.84. The zero-order chi connectivity index (χ0) is 22.9. The molecule has 0 spiro atoms. The summed E-state index contributed by atoms with van der Waals surface area (Å²) in [5.41, 5.74) is 2.05. The molecule has 3 heteroatoms. The molecule has 0 amide bonds. The monoisotopic (exact) mass is 425 g/mol. The highest BCUT2D eigenvalue weighted by molar-refractivity contribution is 5.32. The molecule has 2 rings (SSSR count). The van der Waals surface area contributed by atoms with E-state index in [-0.39, 0.29) is 11.1 Å². The van der Waals surface area contributed by atoms with Gasteiger partial charge in [0.15, 0.2) is 0 Å². The molecule has 172 valence electrons. The molecule has 0 aliphatic carbocycles. The van der Waals surface area contributed by atoms with Crippen molar-refractivity contribution in [2.75, 3.05) is 19.8 Å². The van der Waals surface area contributed by atoms with E-state index < -0.39 is 0 Å². The predicted octanol–water partition coefficient (Wildman–Crippen LogP) is 6.75. The second-order valence-electron chi connectivity index (χ2n) is 10.2. The summed E-state index contributed by atoms with van der Waals surface area (Å²) in [5.74, 6) is 2.03. The fourth-order valence-corrected chi connectivity index (χ4v) is 4.36. The van der Waals surface area contributed by atoms with Crippen molar-refractivity contribution in [3.63, 3.8) is 0 Å². The maximum Gasteiger partial charge on any atom is 0.133 e. The van der Waals surface area contributed by atoms with Gasteiger partial charge in [0.1, 0.15) is 11.4 Å². The quantitative estimate of drug-likeness (QED) is 0.360. The van der Waals surface area contributed by atoms with Crippen molar-refractivity contribution >= 4 is 0 Å². The van der Waals surface area contributed by atoms with Gasteiger partial charge in [0, 0.05) is 12.1 Å². The van der Waals surface area contributed by atoms with Gasteiger partial charge in [-0.15, -0.1) is 0 Å². The number of benzene rings is 2. The van der Waals surface area contributed by atoms with Gasteiger partial charge in [-0.25, -0.2) is 0 Å². The molecule has 2 aromatic rings. The molecule has 0 saturated carbocycles. The number of hydrogen-bond acceptors (Lipinski definition) is 3. The first kappa shape index (κ1) is 25.4. The van der Waals surface area contributed by atoms with Gasteiger partial charge in [-0.2, -0.15) is 0 Å². The van der Waals surface area contributed by atoms with Crippen molar-refractivity contribution in [3.8, 4) is 5.75 Å². The summed E-state index contributed by atoms with van der Waals surface area (Å²) in [4.78, 5) is 0. The van der Waals surface area contributed by atoms with E-state index in [1.807, 2.05) is 6.07 Å². The molecule has 0 atom stereocenters. The highest BCUT2D eigenvalue weighted by atomic mass is 16.5. The largest absolute Gasteiger partial charge is 0.485 e. The van der Waals surface area contributed by atoms with Crippen LogP contribution in [-0.2, 0) is 10.3 Å². The smallest absolute Gasteiger partial charge is 0.133 e. The second-order valence-corrected chi connectivity index (χ2v) is 10.2. The van der Waals surface area contributed by atoms with Crippen LogP contribution in [0.25, 0.3) is 0 Å². The van der Waals surface area contributed by atoms with E-state index in [4.69, 9.17) is 9.47 Å². The maximum atomic E-state index is 6.73. The Bertz CT molecular complexity index is 758. The van der Waals surface area contributed by atoms with Gasteiger partial charge in [-0.1, -0.05) is 76.2 Å². The van der Waals surface area contributed by atoms with Crippen molar-refractivity contribution in [2.45, 2.75) is 72.4 Å². The first-order valence-corrected chi connectivity index (χ1v) is 11.8. The standard InChI is InChI=1S/C28H43NO2/c1-22(2)19-28(20-23(3)4,31-26-16-12-11-13-24(26)5)21-30-18-17-29-27(6,7)25-14-9-8-10-15-25/h8-16,22-23,29H,17-21H2,1-7H3. The third-order valence-electron chi connectivity index (χ3n) is 5.65. The van der Waals surface area contributed by atoms with Gasteiger partial charge in [0.2, 0.25) is 0 Å². The predicted molar refractivity (Wildman–Crippen MR) is 132 cm³/mol. The molecule has 0 aromatic heterocycles. The van der Waals surface area contributed by atoms with Gasteiger partial charge >= 0.3 is 0 Å². The first-order valence-electron chi connectivity index (χ1n) is 11.8. The number of aryl methyl sites for hydroxylation is 1. The third-order valence-corrected chi connectivity index (χ3v) is 5.65. The Morgan fingerprint density at radius 1 is 0.839 bits per heavy atom. The Morgan fingerprint density at radius 3 is 2.00 bits per heavy atom. The Labute approximate surface area is 190 Å². The highest BCUT2D eigenvalue weighted by Gasteiger charge is 2.35. The van der Waals surface area contributed by atoms with Crippen LogP contribution in [0.3, 0.4) is 0 Å². The van der Waals surface area contributed by atoms with Crippen LogP contribution in [0.1, 0.15) is 65.5 Å². The lowest BCUT2D eigenvalue weighted by molar-refractivity contribution is -0.0522. The van der Waals surface area contributed by atoms with Crippen LogP contribution >= 0.6 is 0 Å². The zero-order valence-electron chi connectivity index (χ0n) is 20.7. The van der Waals surface area contributed by atoms with Crippen molar-refractivity contribution in [2.24, 2.45) is 11.8 Å². The van der Waals surface area contributed by atoms with E-state index >= 15 is 0 Å².